The Morgan fingerprint density at radius 2 is 0.818 bits per heavy atom. The first-order valence-corrected chi connectivity index (χ1v) is 8.61. The van der Waals surface area contributed by atoms with Gasteiger partial charge >= 0.3 is 0 Å². The van der Waals surface area contributed by atoms with Crippen LogP contribution in [0.15, 0.2) is 72.9 Å². The highest BCUT2D eigenvalue weighted by Gasteiger charge is 1.76. The summed E-state index contributed by atoms with van der Waals surface area (Å²) in [6, 6.07) is 0. The van der Waals surface area contributed by atoms with Crippen LogP contribution in [0.25, 0.3) is 0 Å². The Balaban J connectivity index is 3.48. The number of unbranched alkanes of at least 4 members (excludes halogenated alkanes) is 1. The fraction of sp³-hybridized carbons (Fsp3) is 0.409. The quantitative estimate of drug-likeness (QED) is 0.313. The van der Waals surface area contributed by atoms with Crippen LogP contribution < -0.4 is 0 Å². The van der Waals surface area contributed by atoms with Crippen LogP contribution in [0.2, 0.25) is 0 Å². The summed E-state index contributed by atoms with van der Waals surface area (Å²) in [5.74, 6) is 0. The Hall–Kier alpha value is -1.56. The second kappa shape index (κ2) is 19.4. The van der Waals surface area contributed by atoms with Gasteiger partial charge in [-0.1, -0.05) is 86.8 Å². The molecule has 0 unspecified atom stereocenters. The maximum atomic E-state index is 3.81. The molecule has 0 heteroatoms. The van der Waals surface area contributed by atoms with Gasteiger partial charge in [0.25, 0.3) is 0 Å². The molecule has 0 heterocycles. The lowest BCUT2D eigenvalue weighted by atomic mass is 10.2. The third-order valence-electron chi connectivity index (χ3n) is 2.97. The van der Waals surface area contributed by atoms with Crippen molar-refractivity contribution in [3.63, 3.8) is 0 Å². The SMILES string of the molecule is [CH2]CC/C=C/C/C=C/C/C=C/C/C=C/C/C=C/C/C=C/CC. The average Bonchev–Trinajstić information content (AvgIpc) is 2.54. The third kappa shape index (κ3) is 18.4. The Bertz CT molecular complexity index is 375. The van der Waals surface area contributed by atoms with Crippen LogP contribution in [0, 0.1) is 6.92 Å². The molecule has 0 rings (SSSR count). The molecular weight excluding hydrogens is 264 g/mol. The van der Waals surface area contributed by atoms with Crippen molar-refractivity contribution < 1.29 is 0 Å². The minimum absolute atomic E-state index is 0.988. The first-order chi connectivity index (χ1) is 10.9. The molecule has 0 fully saturated rings. The number of hydrogen-bond acceptors (Lipinski definition) is 0. The normalized spacial score (nSPS) is 13.4. The first-order valence-electron chi connectivity index (χ1n) is 8.61. The monoisotopic (exact) mass is 297 g/mol. The highest BCUT2D eigenvalue weighted by Crippen LogP contribution is 1.97. The highest BCUT2D eigenvalue weighted by atomic mass is 13.8. The van der Waals surface area contributed by atoms with E-state index in [1.807, 2.05) is 0 Å². The molecule has 0 aliphatic rings. The molecule has 22 heavy (non-hydrogen) atoms. The van der Waals surface area contributed by atoms with Crippen molar-refractivity contribution in [2.45, 2.75) is 58.3 Å². The van der Waals surface area contributed by atoms with E-state index in [9.17, 15) is 0 Å². The molecule has 0 saturated heterocycles. The van der Waals surface area contributed by atoms with Gasteiger partial charge in [-0.2, -0.15) is 0 Å². The number of rotatable bonds is 13. The van der Waals surface area contributed by atoms with Gasteiger partial charge in [-0.3, -0.25) is 0 Å². The topological polar surface area (TPSA) is 0 Å². The molecule has 0 atom stereocenters. The molecule has 0 aromatic heterocycles. The highest BCUT2D eigenvalue weighted by molar-refractivity contribution is 5.01. The Morgan fingerprint density at radius 1 is 0.500 bits per heavy atom. The summed E-state index contributed by atoms with van der Waals surface area (Å²) in [4.78, 5) is 0. The first kappa shape index (κ1) is 20.4. The Labute approximate surface area is 138 Å². The molecule has 0 aliphatic heterocycles. The van der Waals surface area contributed by atoms with Crippen LogP contribution in [-0.4, -0.2) is 0 Å². The Morgan fingerprint density at radius 3 is 1.14 bits per heavy atom. The predicted molar refractivity (Wildman–Crippen MR) is 103 cm³/mol. The van der Waals surface area contributed by atoms with Gasteiger partial charge in [0, 0.05) is 0 Å². The molecule has 0 aromatic carbocycles. The van der Waals surface area contributed by atoms with E-state index in [-0.39, 0.29) is 0 Å². The second-order valence-corrected chi connectivity index (χ2v) is 5.06. The van der Waals surface area contributed by atoms with Gasteiger partial charge in [-0.05, 0) is 51.4 Å². The van der Waals surface area contributed by atoms with Gasteiger partial charge in [0.2, 0.25) is 0 Å². The lowest BCUT2D eigenvalue weighted by Gasteiger charge is -1.86. The maximum Gasteiger partial charge on any atom is -0.0169 e. The van der Waals surface area contributed by atoms with Crippen molar-refractivity contribution in [1.29, 1.82) is 0 Å². The van der Waals surface area contributed by atoms with E-state index in [2.05, 4.69) is 86.8 Å². The lowest BCUT2D eigenvalue weighted by molar-refractivity contribution is 1.04. The molecule has 0 amide bonds. The molecular formula is C22H33. The average molecular weight is 298 g/mol. The third-order valence-corrected chi connectivity index (χ3v) is 2.97. The second-order valence-electron chi connectivity index (χ2n) is 5.06. The fourth-order valence-electron chi connectivity index (χ4n) is 1.76. The van der Waals surface area contributed by atoms with Gasteiger partial charge < -0.3 is 0 Å². The number of hydrogen-bond donors (Lipinski definition) is 0. The summed E-state index contributed by atoms with van der Waals surface area (Å²) in [7, 11) is 0. The van der Waals surface area contributed by atoms with Gasteiger partial charge in [-0.25, -0.2) is 0 Å². The van der Waals surface area contributed by atoms with Gasteiger partial charge in [-0.15, -0.1) is 0 Å². The zero-order chi connectivity index (χ0) is 16.1. The van der Waals surface area contributed by atoms with Crippen LogP contribution in [0.5, 0.6) is 0 Å². The van der Waals surface area contributed by atoms with Crippen molar-refractivity contribution in [2.75, 3.05) is 0 Å². The zero-order valence-corrected chi connectivity index (χ0v) is 14.3. The Kier molecular flexibility index (Phi) is 18.1. The maximum absolute atomic E-state index is 3.81. The summed E-state index contributed by atoms with van der Waals surface area (Å²) in [6.45, 7) is 5.97. The summed E-state index contributed by atoms with van der Waals surface area (Å²) in [5.41, 5.74) is 0. The molecule has 0 aromatic rings. The molecule has 0 nitrogen and oxygen atoms in total. The van der Waals surface area contributed by atoms with E-state index in [1.54, 1.807) is 0 Å². The van der Waals surface area contributed by atoms with Crippen LogP contribution >= 0.6 is 0 Å². The molecule has 0 N–H and O–H groups in total. The van der Waals surface area contributed by atoms with Gasteiger partial charge in [0.1, 0.15) is 0 Å². The molecule has 0 aliphatic carbocycles. The van der Waals surface area contributed by atoms with Crippen LogP contribution in [0.3, 0.4) is 0 Å². The van der Waals surface area contributed by atoms with Gasteiger partial charge in [0.15, 0.2) is 0 Å². The van der Waals surface area contributed by atoms with Crippen LogP contribution in [-0.2, 0) is 0 Å². The van der Waals surface area contributed by atoms with E-state index in [0.717, 1.165) is 51.4 Å². The van der Waals surface area contributed by atoms with Crippen molar-refractivity contribution in [2.24, 2.45) is 0 Å². The molecule has 1 radical (unpaired) electrons. The van der Waals surface area contributed by atoms with E-state index >= 15 is 0 Å². The molecule has 121 valence electrons. The standard InChI is InChI=1S/C22H33/c1-3-5-7-9-11-13-15-17-19-21-22-20-18-16-14-12-10-8-6-4-2/h6-9,12-15,18-21H,1,3-5,10-11,16-17,22H2,2H3/b8-6+,9-7+,14-12+,15-13+,20-18+,21-19+. The van der Waals surface area contributed by atoms with Crippen molar-refractivity contribution in [1.82, 2.24) is 0 Å². The minimum Gasteiger partial charge on any atom is -0.0885 e. The molecule has 0 spiro atoms. The van der Waals surface area contributed by atoms with Crippen molar-refractivity contribution in [3.8, 4) is 0 Å². The van der Waals surface area contributed by atoms with E-state index in [4.69, 9.17) is 0 Å². The van der Waals surface area contributed by atoms with Crippen LogP contribution in [0.1, 0.15) is 58.3 Å². The van der Waals surface area contributed by atoms with Crippen LogP contribution in [0.4, 0.5) is 0 Å². The largest absolute Gasteiger partial charge is 0.0885 e. The van der Waals surface area contributed by atoms with Crippen molar-refractivity contribution in [3.05, 3.63) is 79.8 Å². The number of allylic oxidation sites excluding steroid dienone is 12. The molecule has 0 bridgehead atoms. The summed E-state index contributed by atoms with van der Waals surface area (Å²) in [6.07, 6.45) is 35.0. The fourth-order valence-corrected chi connectivity index (χ4v) is 1.76. The van der Waals surface area contributed by atoms with Gasteiger partial charge in [0.05, 0.1) is 0 Å². The minimum atomic E-state index is 0.988. The molecule has 0 saturated carbocycles. The van der Waals surface area contributed by atoms with E-state index < -0.39 is 0 Å². The van der Waals surface area contributed by atoms with Crippen molar-refractivity contribution >= 4 is 0 Å². The predicted octanol–water partition coefficient (Wildman–Crippen LogP) is 7.30. The van der Waals surface area contributed by atoms with E-state index in [0.29, 0.717) is 0 Å². The van der Waals surface area contributed by atoms with E-state index in [1.165, 1.54) is 0 Å². The summed E-state index contributed by atoms with van der Waals surface area (Å²) < 4.78 is 0. The zero-order valence-electron chi connectivity index (χ0n) is 14.3. The summed E-state index contributed by atoms with van der Waals surface area (Å²) >= 11 is 0. The lowest BCUT2D eigenvalue weighted by Crippen LogP contribution is -1.65. The summed E-state index contributed by atoms with van der Waals surface area (Å²) in [5, 5.41) is 0. The smallest absolute Gasteiger partial charge is 0.0169 e.